The largest absolute Gasteiger partial charge is 0.478 e. The van der Waals surface area contributed by atoms with Crippen molar-refractivity contribution in [2.24, 2.45) is 11.8 Å². The lowest BCUT2D eigenvalue weighted by Crippen LogP contribution is -2.39. The van der Waals surface area contributed by atoms with Crippen LogP contribution >= 0.6 is 0 Å². The summed E-state index contributed by atoms with van der Waals surface area (Å²) in [6, 6.07) is 6.18. The summed E-state index contributed by atoms with van der Waals surface area (Å²) in [5, 5.41) is 9.17. The summed E-state index contributed by atoms with van der Waals surface area (Å²) < 4.78 is 0. The van der Waals surface area contributed by atoms with Crippen LogP contribution in [0.1, 0.15) is 49.0 Å². The molecule has 0 spiro atoms. The lowest BCUT2D eigenvalue weighted by atomic mass is 9.78. The first kappa shape index (κ1) is 13.5. The predicted molar refractivity (Wildman–Crippen MR) is 80.4 cm³/mol. The summed E-state index contributed by atoms with van der Waals surface area (Å²) in [6.45, 7) is 5.74. The number of anilines is 1. The van der Waals surface area contributed by atoms with Gasteiger partial charge >= 0.3 is 5.97 Å². The summed E-state index contributed by atoms with van der Waals surface area (Å²) in [6.07, 6.45) is 4.81. The van der Waals surface area contributed by atoms with Crippen molar-refractivity contribution in [1.82, 2.24) is 0 Å². The highest BCUT2D eigenvalue weighted by molar-refractivity contribution is 5.89. The molecule has 1 N–H and O–H groups in total. The highest BCUT2D eigenvalue weighted by Gasteiger charge is 2.32. The van der Waals surface area contributed by atoms with E-state index in [1.54, 1.807) is 6.07 Å². The maximum Gasteiger partial charge on any atom is 0.335 e. The maximum atomic E-state index is 11.2. The van der Waals surface area contributed by atoms with Crippen LogP contribution < -0.4 is 4.90 Å². The molecular weight excluding hydrogens is 250 g/mol. The van der Waals surface area contributed by atoms with Gasteiger partial charge in [0.1, 0.15) is 0 Å². The van der Waals surface area contributed by atoms with Gasteiger partial charge in [0, 0.05) is 18.3 Å². The fourth-order valence-corrected chi connectivity index (χ4v) is 3.72. The SMILES string of the molecule is CC1CCC(N2CCc3ccc(C(=O)O)cc32)CC1C. The van der Waals surface area contributed by atoms with Crippen molar-refractivity contribution in [3.63, 3.8) is 0 Å². The molecule has 108 valence electrons. The van der Waals surface area contributed by atoms with Crippen LogP contribution in [0.25, 0.3) is 0 Å². The molecule has 0 radical (unpaired) electrons. The topological polar surface area (TPSA) is 40.5 Å². The van der Waals surface area contributed by atoms with E-state index < -0.39 is 5.97 Å². The van der Waals surface area contributed by atoms with Gasteiger partial charge in [-0.15, -0.1) is 0 Å². The van der Waals surface area contributed by atoms with Crippen LogP contribution in [0.4, 0.5) is 5.69 Å². The number of hydrogen-bond donors (Lipinski definition) is 1. The summed E-state index contributed by atoms with van der Waals surface area (Å²) in [5.41, 5.74) is 2.88. The zero-order valence-electron chi connectivity index (χ0n) is 12.3. The molecule has 1 aromatic carbocycles. The van der Waals surface area contributed by atoms with Gasteiger partial charge in [-0.05, 0) is 55.2 Å². The first-order valence-electron chi connectivity index (χ1n) is 7.69. The Morgan fingerprint density at radius 2 is 2.05 bits per heavy atom. The molecule has 1 heterocycles. The predicted octanol–water partition coefficient (Wildman–Crippen LogP) is 3.57. The second-order valence-electron chi connectivity index (χ2n) is 6.51. The lowest BCUT2D eigenvalue weighted by Gasteiger charge is -2.38. The Labute approximate surface area is 120 Å². The van der Waals surface area contributed by atoms with E-state index >= 15 is 0 Å². The van der Waals surface area contributed by atoms with Crippen LogP contribution in [0.5, 0.6) is 0 Å². The van der Waals surface area contributed by atoms with E-state index in [0.29, 0.717) is 11.6 Å². The van der Waals surface area contributed by atoms with Crippen LogP contribution in [-0.4, -0.2) is 23.7 Å². The summed E-state index contributed by atoms with van der Waals surface area (Å²) >= 11 is 0. The van der Waals surface area contributed by atoms with Gasteiger partial charge in [0.25, 0.3) is 0 Å². The van der Waals surface area contributed by atoms with Gasteiger partial charge in [0.05, 0.1) is 5.56 Å². The Morgan fingerprint density at radius 1 is 1.25 bits per heavy atom. The molecule has 1 aliphatic carbocycles. The highest BCUT2D eigenvalue weighted by Crippen LogP contribution is 2.38. The van der Waals surface area contributed by atoms with Crippen molar-refractivity contribution in [3.05, 3.63) is 29.3 Å². The molecule has 3 atom stereocenters. The van der Waals surface area contributed by atoms with Crippen molar-refractivity contribution >= 4 is 11.7 Å². The summed E-state index contributed by atoms with van der Waals surface area (Å²) in [4.78, 5) is 13.6. The van der Waals surface area contributed by atoms with Gasteiger partial charge in [0.2, 0.25) is 0 Å². The Kier molecular flexibility index (Phi) is 3.45. The van der Waals surface area contributed by atoms with E-state index in [0.717, 1.165) is 30.5 Å². The number of carboxylic acid groups (broad SMARTS) is 1. The fourth-order valence-electron chi connectivity index (χ4n) is 3.72. The van der Waals surface area contributed by atoms with Crippen molar-refractivity contribution in [2.45, 2.75) is 45.6 Å². The minimum atomic E-state index is -0.828. The number of rotatable bonds is 2. The second kappa shape index (κ2) is 5.12. The zero-order chi connectivity index (χ0) is 14.3. The molecular formula is C17H23NO2. The van der Waals surface area contributed by atoms with Gasteiger partial charge in [-0.2, -0.15) is 0 Å². The van der Waals surface area contributed by atoms with Gasteiger partial charge in [-0.3, -0.25) is 0 Å². The fraction of sp³-hybridized carbons (Fsp3) is 0.588. The Balaban J connectivity index is 1.85. The summed E-state index contributed by atoms with van der Waals surface area (Å²) in [7, 11) is 0. The normalized spacial score (nSPS) is 29.3. The Hall–Kier alpha value is -1.51. The van der Waals surface area contributed by atoms with Crippen molar-refractivity contribution in [3.8, 4) is 0 Å². The third-order valence-electron chi connectivity index (χ3n) is 5.27. The van der Waals surface area contributed by atoms with Crippen molar-refractivity contribution in [2.75, 3.05) is 11.4 Å². The number of benzene rings is 1. The molecule has 1 aliphatic heterocycles. The molecule has 1 saturated carbocycles. The van der Waals surface area contributed by atoms with E-state index in [4.69, 9.17) is 0 Å². The monoisotopic (exact) mass is 273 g/mol. The number of carbonyl (C=O) groups is 1. The van der Waals surface area contributed by atoms with Gasteiger partial charge < -0.3 is 10.0 Å². The van der Waals surface area contributed by atoms with Gasteiger partial charge in [0.15, 0.2) is 0 Å². The molecule has 3 unspecified atom stereocenters. The molecule has 3 heteroatoms. The minimum absolute atomic E-state index is 0.410. The van der Waals surface area contributed by atoms with E-state index in [2.05, 4.69) is 18.7 Å². The zero-order valence-corrected chi connectivity index (χ0v) is 12.3. The number of carboxylic acids is 1. The number of aromatic carboxylic acids is 1. The third kappa shape index (κ3) is 2.30. The molecule has 1 fully saturated rings. The average molecular weight is 273 g/mol. The van der Waals surface area contributed by atoms with Crippen LogP contribution in [0.2, 0.25) is 0 Å². The number of hydrogen-bond acceptors (Lipinski definition) is 2. The van der Waals surface area contributed by atoms with Crippen LogP contribution in [0, 0.1) is 11.8 Å². The second-order valence-corrected chi connectivity index (χ2v) is 6.51. The quantitative estimate of drug-likeness (QED) is 0.895. The molecule has 2 aliphatic rings. The molecule has 1 aromatic rings. The van der Waals surface area contributed by atoms with E-state index in [9.17, 15) is 9.90 Å². The van der Waals surface area contributed by atoms with Crippen LogP contribution in [0.3, 0.4) is 0 Å². The molecule has 3 nitrogen and oxygen atoms in total. The van der Waals surface area contributed by atoms with Crippen LogP contribution in [0.15, 0.2) is 18.2 Å². The third-order valence-corrected chi connectivity index (χ3v) is 5.27. The smallest absolute Gasteiger partial charge is 0.335 e. The van der Waals surface area contributed by atoms with Crippen LogP contribution in [-0.2, 0) is 6.42 Å². The minimum Gasteiger partial charge on any atom is -0.478 e. The molecule has 0 bridgehead atoms. The van der Waals surface area contributed by atoms with E-state index in [1.807, 2.05) is 12.1 Å². The molecule has 0 amide bonds. The van der Waals surface area contributed by atoms with Crippen molar-refractivity contribution < 1.29 is 9.90 Å². The highest BCUT2D eigenvalue weighted by atomic mass is 16.4. The first-order chi connectivity index (χ1) is 9.56. The van der Waals surface area contributed by atoms with Gasteiger partial charge in [-0.1, -0.05) is 19.9 Å². The number of fused-ring (bicyclic) bond motifs is 1. The standard InChI is InChI=1S/C17H23NO2/c1-11-3-6-15(9-12(11)2)18-8-7-13-4-5-14(17(19)20)10-16(13)18/h4-5,10-12,15H,3,6-9H2,1-2H3,(H,19,20). The number of nitrogens with zero attached hydrogens (tertiary/aromatic N) is 1. The lowest BCUT2D eigenvalue weighted by molar-refractivity contribution is 0.0697. The molecule has 20 heavy (non-hydrogen) atoms. The molecule has 0 saturated heterocycles. The van der Waals surface area contributed by atoms with E-state index in [-0.39, 0.29) is 0 Å². The summed E-state index contributed by atoms with van der Waals surface area (Å²) in [5.74, 6) is 0.754. The maximum absolute atomic E-state index is 11.2. The van der Waals surface area contributed by atoms with Gasteiger partial charge in [-0.25, -0.2) is 4.79 Å². The van der Waals surface area contributed by atoms with E-state index in [1.165, 1.54) is 24.8 Å². The molecule has 3 rings (SSSR count). The molecule has 0 aromatic heterocycles. The Bertz CT molecular complexity index is 526. The average Bonchev–Trinajstić information content (AvgIpc) is 2.84. The Morgan fingerprint density at radius 3 is 2.75 bits per heavy atom. The van der Waals surface area contributed by atoms with Crippen molar-refractivity contribution in [1.29, 1.82) is 0 Å². The first-order valence-corrected chi connectivity index (χ1v) is 7.69.